The number of hydrogen-bond donors (Lipinski definition) is 2. The van der Waals surface area contributed by atoms with Crippen LogP contribution in [0.4, 0.5) is 15.2 Å². The molecule has 0 spiro atoms. The number of aryl methyl sites for hydroxylation is 1. The Kier molecular flexibility index (Phi) is 8.55. The van der Waals surface area contributed by atoms with Crippen LogP contribution >= 0.6 is 11.3 Å². The van der Waals surface area contributed by atoms with Crippen molar-refractivity contribution in [2.45, 2.75) is 75.8 Å². The van der Waals surface area contributed by atoms with Gasteiger partial charge < -0.3 is 14.4 Å². The molecule has 3 fully saturated rings. The number of rotatable bonds is 9. The molecule has 4 amide bonds. The molecule has 2 N–H and O–H groups in total. The van der Waals surface area contributed by atoms with Crippen LogP contribution in [0.3, 0.4) is 0 Å². The highest BCUT2D eigenvalue weighted by Crippen LogP contribution is 2.40. The van der Waals surface area contributed by atoms with E-state index in [0.717, 1.165) is 73.5 Å². The van der Waals surface area contributed by atoms with Gasteiger partial charge in [-0.05, 0) is 72.2 Å². The maximum Gasteiger partial charge on any atom is 0.255 e. The lowest BCUT2D eigenvalue weighted by Crippen LogP contribution is -2.46. The van der Waals surface area contributed by atoms with Crippen LogP contribution in [0, 0.1) is 5.82 Å². The number of amides is 4. The first-order valence-electron chi connectivity index (χ1n) is 19.2. The molecule has 0 radical (unpaired) electrons. The van der Waals surface area contributed by atoms with Crippen molar-refractivity contribution in [3.8, 4) is 11.1 Å². The van der Waals surface area contributed by atoms with Gasteiger partial charge >= 0.3 is 0 Å². The van der Waals surface area contributed by atoms with E-state index in [0.29, 0.717) is 41.3 Å². The average Bonchev–Trinajstić information content (AvgIpc) is 4.06. The summed E-state index contributed by atoms with van der Waals surface area (Å²) in [7, 11) is 0. The Balaban J connectivity index is 0.845. The highest BCUT2D eigenvalue weighted by molar-refractivity contribution is 7.13. The number of fused-ring (bicyclic) bond motifs is 4. The van der Waals surface area contributed by atoms with E-state index in [2.05, 4.69) is 48.6 Å². The van der Waals surface area contributed by atoms with Crippen molar-refractivity contribution in [3.05, 3.63) is 118 Å². The number of imidazole rings is 1. The highest BCUT2D eigenvalue weighted by atomic mass is 32.1. The molecular formula is C42H39FN8O4S. The topological polar surface area (TPSA) is 133 Å². The third-order valence-corrected chi connectivity index (χ3v) is 12.9. The predicted molar refractivity (Wildman–Crippen MR) is 207 cm³/mol. The number of carbonyl (C=O) groups is 4. The van der Waals surface area contributed by atoms with E-state index in [-0.39, 0.29) is 35.4 Å². The van der Waals surface area contributed by atoms with Gasteiger partial charge in [-0.15, -0.1) is 11.3 Å². The number of carbonyl (C=O) groups excluding carboxylic acids is 4. The van der Waals surface area contributed by atoms with Crippen molar-refractivity contribution in [1.82, 2.24) is 29.7 Å². The molecule has 4 atom stereocenters. The zero-order valence-corrected chi connectivity index (χ0v) is 31.3. The molecule has 2 unspecified atom stereocenters. The summed E-state index contributed by atoms with van der Waals surface area (Å²) in [6.45, 7) is 3.28. The van der Waals surface area contributed by atoms with Gasteiger partial charge in [-0.1, -0.05) is 36.4 Å². The molecule has 5 aliphatic heterocycles. The third kappa shape index (κ3) is 5.98. The van der Waals surface area contributed by atoms with E-state index in [9.17, 15) is 19.2 Å². The first kappa shape index (κ1) is 34.7. The van der Waals surface area contributed by atoms with Crippen LogP contribution in [0.25, 0.3) is 11.1 Å². The lowest BCUT2D eigenvalue weighted by molar-refractivity contribution is -0.134. The summed E-state index contributed by atoms with van der Waals surface area (Å²) in [6.07, 6.45) is 6.92. The first-order valence-corrected chi connectivity index (χ1v) is 20.1. The fraction of sp³-hybridized carbons (Fsp3) is 0.333. The Morgan fingerprint density at radius 2 is 1.86 bits per heavy atom. The van der Waals surface area contributed by atoms with E-state index >= 15 is 4.39 Å². The molecule has 2 aromatic heterocycles. The predicted octanol–water partition coefficient (Wildman–Crippen LogP) is 5.41. The summed E-state index contributed by atoms with van der Waals surface area (Å²) in [6, 6.07) is 19.1. The van der Waals surface area contributed by atoms with E-state index in [1.54, 1.807) is 24.0 Å². The molecule has 0 saturated carbocycles. The number of piperidine rings is 1. The average molecular weight is 771 g/mol. The van der Waals surface area contributed by atoms with Gasteiger partial charge in [0.25, 0.3) is 11.8 Å². The van der Waals surface area contributed by atoms with Gasteiger partial charge in [-0.3, -0.25) is 34.7 Å². The lowest BCUT2D eigenvalue weighted by Gasteiger charge is -2.36. The Labute approximate surface area is 326 Å². The number of hydrogen-bond acceptors (Lipinski definition) is 9. The fourth-order valence-electron chi connectivity index (χ4n) is 9.50. The Hall–Kier alpha value is -5.73. The molecule has 284 valence electrons. The minimum atomic E-state index is -1.04. The van der Waals surface area contributed by atoms with E-state index in [1.165, 1.54) is 22.3 Å². The standard InChI is InChI=1S/C42H39FN8O4S/c43-34-17-26(16-32-33(34)22-51(41(32)55)38(40(54)47-42-44-13-15-56-42)37-35-6-3-14-48(35)23-45-37)24-7-9-27(10-8-24)50-21-28-18-29(50)20-49(28)19-25-4-1-2-5-30(25)31-11-12-36(52)46-39(31)53/h1-2,4-5,7-10,13,15-17,23,28-29,31,38H,3,6,11-12,14,18-22H2,(H,44,47,54)(H,46,52,53)/t28-,29-,31?,38?/m0/s1. The molecule has 14 heteroatoms. The number of aromatic nitrogens is 3. The van der Waals surface area contributed by atoms with Crippen LogP contribution in [0.2, 0.25) is 0 Å². The molecule has 12 nitrogen and oxygen atoms in total. The summed E-state index contributed by atoms with van der Waals surface area (Å²) in [5.41, 5.74) is 6.58. The zero-order chi connectivity index (χ0) is 38.1. The zero-order valence-electron chi connectivity index (χ0n) is 30.5. The Morgan fingerprint density at radius 1 is 1.00 bits per heavy atom. The summed E-state index contributed by atoms with van der Waals surface area (Å²) >= 11 is 1.29. The van der Waals surface area contributed by atoms with Gasteiger partial charge in [0.2, 0.25) is 11.8 Å². The van der Waals surface area contributed by atoms with E-state index in [4.69, 9.17) is 0 Å². The van der Waals surface area contributed by atoms with Crippen LogP contribution < -0.4 is 15.5 Å². The molecule has 7 heterocycles. The van der Waals surface area contributed by atoms with Crippen molar-refractivity contribution in [3.63, 3.8) is 0 Å². The smallest absolute Gasteiger partial charge is 0.255 e. The quantitative estimate of drug-likeness (QED) is 0.190. The van der Waals surface area contributed by atoms with Crippen molar-refractivity contribution < 1.29 is 23.6 Å². The highest BCUT2D eigenvalue weighted by Gasteiger charge is 2.44. The second-order valence-corrected chi connectivity index (χ2v) is 16.3. The van der Waals surface area contributed by atoms with Crippen LogP contribution in [0.15, 0.2) is 78.6 Å². The minimum absolute atomic E-state index is 0.0431. The van der Waals surface area contributed by atoms with Gasteiger partial charge in [0, 0.05) is 78.8 Å². The number of nitrogens with one attached hydrogen (secondary N) is 2. The number of nitrogens with zero attached hydrogens (tertiary/aromatic N) is 6. The summed E-state index contributed by atoms with van der Waals surface area (Å²) in [5.74, 6) is -2.05. The maximum absolute atomic E-state index is 15.9. The van der Waals surface area contributed by atoms with Crippen LogP contribution in [-0.4, -0.2) is 73.1 Å². The molecule has 5 aliphatic rings. The van der Waals surface area contributed by atoms with Gasteiger partial charge in [0.05, 0.1) is 24.5 Å². The van der Waals surface area contributed by atoms with Crippen molar-refractivity contribution in [2.75, 3.05) is 23.3 Å². The molecule has 3 aromatic carbocycles. The normalized spacial score (nSPS) is 22.1. The number of halogens is 1. The van der Waals surface area contributed by atoms with Crippen LogP contribution in [0.5, 0.6) is 0 Å². The van der Waals surface area contributed by atoms with Crippen molar-refractivity contribution >= 4 is 45.8 Å². The molecule has 5 aromatic rings. The van der Waals surface area contributed by atoms with E-state index in [1.807, 2.05) is 34.9 Å². The number of piperazine rings is 1. The summed E-state index contributed by atoms with van der Waals surface area (Å²) in [4.78, 5) is 67.6. The van der Waals surface area contributed by atoms with Gasteiger partial charge in [-0.2, -0.15) is 0 Å². The van der Waals surface area contributed by atoms with E-state index < -0.39 is 23.7 Å². The molecule has 3 saturated heterocycles. The fourth-order valence-corrected chi connectivity index (χ4v) is 10.0. The SMILES string of the molecule is O=C1CCC(c2ccccc2CN2C[C@@H]3C[C@H]2CN3c2ccc(-c3cc(F)c4c(c3)C(=O)N(C(C(=O)Nc3nccs3)c3ncn5c3CCC5)C4)cc2)C(=O)N1. The second kappa shape index (κ2) is 13.8. The molecule has 56 heavy (non-hydrogen) atoms. The third-order valence-electron chi connectivity index (χ3n) is 12.2. The summed E-state index contributed by atoms with van der Waals surface area (Å²) < 4.78 is 18.0. The van der Waals surface area contributed by atoms with Crippen LogP contribution in [0.1, 0.15) is 76.1 Å². The summed E-state index contributed by atoms with van der Waals surface area (Å²) in [5, 5.41) is 7.54. The van der Waals surface area contributed by atoms with Crippen molar-refractivity contribution in [2.24, 2.45) is 0 Å². The molecule has 10 rings (SSSR count). The van der Waals surface area contributed by atoms with Crippen LogP contribution in [-0.2, 0) is 40.4 Å². The number of benzene rings is 3. The Bertz CT molecular complexity index is 2400. The lowest BCUT2D eigenvalue weighted by atomic mass is 9.87. The second-order valence-electron chi connectivity index (χ2n) is 15.4. The molecule has 0 aliphatic carbocycles. The number of anilines is 2. The van der Waals surface area contributed by atoms with Gasteiger partial charge in [0.15, 0.2) is 11.2 Å². The first-order chi connectivity index (χ1) is 27.3. The number of thiazole rings is 1. The number of likely N-dealkylation sites (tertiary alicyclic amines) is 1. The van der Waals surface area contributed by atoms with Gasteiger partial charge in [0.1, 0.15) is 5.82 Å². The Morgan fingerprint density at radius 3 is 2.64 bits per heavy atom. The van der Waals surface area contributed by atoms with Gasteiger partial charge in [-0.25, -0.2) is 14.4 Å². The maximum atomic E-state index is 15.9. The van der Waals surface area contributed by atoms with Crippen molar-refractivity contribution in [1.29, 1.82) is 0 Å². The molecular weight excluding hydrogens is 732 g/mol. The number of imide groups is 1. The monoisotopic (exact) mass is 770 g/mol. The molecule has 2 bridgehead atoms. The largest absolute Gasteiger partial charge is 0.366 e. The minimum Gasteiger partial charge on any atom is -0.366 e.